The Balaban J connectivity index is 1.73. The Labute approximate surface area is 179 Å². The van der Waals surface area contributed by atoms with Crippen molar-refractivity contribution < 1.29 is 9.53 Å². The maximum atomic E-state index is 12.7. The van der Waals surface area contributed by atoms with Gasteiger partial charge in [-0.1, -0.05) is 29.8 Å². The van der Waals surface area contributed by atoms with Crippen LogP contribution in [0.15, 0.2) is 30.3 Å². The van der Waals surface area contributed by atoms with Gasteiger partial charge >= 0.3 is 6.09 Å². The van der Waals surface area contributed by atoms with Crippen LogP contribution in [-0.2, 0) is 30.4 Å². The summed E-state index contributed by atoms with van der Waals surface area (Å²) >= 11 is 6.35. The smallest absolute Gasteiger partial charge is 0.410 e. The Morgan fingerprint density at radius 2 is 1.66 bits per heavy atom. The molecule has 4 rings (SSSR count). The van der Waals surface area contributed by atoms with E-state index < -0.39 is 5.60 Å². The average molecular weight is 412 g/mol. The molecule has 0 radical (unpaired) electrons. The summed E-state index contributed by atoms with van der Waals surface area (Å²) in [6.07, 6.45) is 6.28. The SMILES string of the molecule is CC(C)(C)OC(=O)N1CCc2cc3c(c(-c4cccc(Cl)c4)c2CC1)CCCC3. The maximum Gasteiger partial charge on any atom is 0.410 e. The van der Waals surface area contributed by atoms with Crippen molar-refractivity contribution in [1.29, 1.82) is 0 Å². The summed E-state index contributed by atoms with van der Waals surface area (Å²) in [5.41, 5.74) is 7.84. The van der Waals surface area contributed by atoms with Crippen LogP contribution in [0.5, 0.6) is 0 Å². The van der Waals surface area contributed by atoms with Crippen LogP contribution >= 0.6 is 11.6 Å². The number of carbonyl (C=O) groups excluding carboxylic acids is 1. The zero-order valence-electron chi connectivity index (χ0n) is 17.7. The molecule has 154 valence electrons. The monoisotopic (exact) mass is 411 g/mol. The van der Waals surface area contributed by atoms with E-state index in [1.807, 2.05) is 37.8 Å². The second-order valence-electron chi connectivity index (χ2n) is 9.21. The number of hydrogen-bond acceptors (Lipinski definition) is 2. The van der Waals surface area contributed by atoms with E-state index in [0.717, 1.165) is 30.7 Å². The number of benzene rings is 2. The van der Waals surface area contributed by atoms with Crippen molar-refractivity contribution in [1.82, 2.24) is 4.90 Å². The van der Waals surface area contributed by atoms with E-state index in [2.05, 4.69) is 18.2 Å². The number of rotatable bonds is 1. The summed E-state index contributed by atoms with van der Waals surface area (Å²) < 4.78 is 5.63. The molecular weight excluding hydrogens is 382 g/mol. The molecule has 0 spiro atoms. The minimum Gasteiger partial charge on any atom is -0.444 e. The van der Waals surface area contributed by atoms with Gasteiger partial charge in [0.1, 0.15) is 5.60 Å². The van der Waals surface area contributed by atoms with Gasteiger partial charge in [0.25, 0.3) is 0 Å². The van der Waals surface area contributed by atoms with E-state index in [-0.39, 0.29) is 6.09 Å². The minimum atomic E-state index is -0.471. The maximum absolute atomic E-state index is 12.7. The van der Waals surface area contributed by atoms with Crippen LogP contribution in [0.25, 0.3) is 11.1 Å². The third kappa shape index (κ3) is 4.45. The van der Waals surface area contributed by atoms with Gasteiger partial charge in [0.05, 0.1) is 0 Å². The van der Waals surface area contributed by atoms with Gasteiger partial charge in [0.2, 0.25) is 0 Å². The van der Waals surface area contributed by atoms with E-state index in [9.17, 15) is 4.79 Å². The molecule has 0 bridgehead atoms. The molecule has 4 heteroatoms. The van der Waals surface area contributed by atoms with Gasteiger partial charge in [-0.15, -0.1) is 0 Å². The number of nitrogens with zero attached hydrogens (tertiary/aromatic N) is 1. The molecule has 0 unspecified atom stereocenters. The van der Waals surface area contributed by atoms with Crippen molar-refractivity contribution in [2.75, 3.05) is 13.1 Å². The summed E-state index contributed by atoms with van der Waals surface area (Å²) in [5, 5.41) is 0.772. The fourth-order valence-electron chi connectivity index (χ4n) is 4.64. The van der Waals surface area contributed by atoms with E-state index >= 15 is 0 Å². The topological polar surface area (TPSA) is 29.5 Å². The number of carbonyl (C=O) groups is 1. The Morgan fingerprint density at radius 1 is 0.966 bits per heavy atom. The van der Waals surface area contributed by atoms with Crippen molar-refractivity contribution >= 4 is 17.7 Å². The van der Waals surface area contributed by atoms with Crippen molar-refractivity contribution in [3.63, 3.8) is 0 Å². The molecule has 0 atom stereocenters. The molecule has 1 aliphatic heterocycles. The molecular formula is C25H30ClNO2. The number of hydrogen-bond donors (Lipinski definition) is 0. The Kier molecular flexibility index (Phi) is 5.61. The van der Waals surface area contributed by atoms with Gasteiger partial charge in [-0.3, -0.25) is 0 Å². The Hall–Kier alpha value is -2.00. The molecule has 1 aliphatic carbocycles. The van der Waals surface area contributed by atoms with Crippen molar-refractivity contribution in [3.8, 4) is 11.1 Å². The van der Waals surface area contributed by atoms with Crippen molar-refractivity contribution in [2.24, 2.45) is 0 Å². The van der Waals surface area contributed by atoms with Crippen LogP contribution in [0.4, 0.5) is 4.79 Å². The van der Waals surface area contributed by atoms with Gasteiger partial charge in [0, 0.05) is 18.1 Å². The molecule has 0 saturated carbocycles. The van der Waals surface area contributed by atoms with Gasteiger partial charge in [-0.05, 0) is 105 Å². The number of fused-ring (bicyclic) bond motifs is 2. The van der Waals surface area contributed by atoms with Crippen LogP contribution in [0.1, 0.15) is 55.9 Å². The fourth-order valence-corrected chi connectivity index (χ4v) is 4.83. The molecule has 2 aromatic carbocycles. The Morgan fingerprint density at radius 3 is 2.41 bits per heavy atom. The second-order valence-corrected chi connectivity index (χ2v) is 9.65. The third-order valence-corrected chi connectivity index (χ3v) is 6.13. The van der Waals surface area contributed by atoms with E-state index in [1.165, 1.54) is 46.2 Å². The standard InChI is InChI=1S/C25H30ClNO2/c1-25(2,3)29-24(28)27-13-11-18-15-17-7-4-5-10-21(17)23(22(18)12-14-27)19-8-6-9-20(26)16-19/h6,8-9,15-16H,4-5,7,10-14H2,1-3H3. The molecule has 29 heavy (non-hydrogen) atoms. The predicted molar refractivity (Wildman–Crippen MR) is 119 cm³/mol. The zero-order valence-corrected chi connectivity index (χ0v) is 18.4. The van der Waals surface area contributed by atoms with E-state index in [1.54, 1.807) is 0 Å². The lowest BCUT2D eigenvalue weighted by Crippen LogP contribution is -2.38. The van der Waals surface area contributed by atoms with Crippen LogP contribution in [0.3, 0.4) is 0 Å². The Bertz CT molecular complexity index is 929. The molecule has 1 amide bonds. The molecule has 0 aromatic heterocycles. The lowest BCUT2D eigenvalue weighted by atomic mass is 9.80. The number of halogens is 1. The predicted octanol–water partition coefficient (Wildman–Crippen LogP) is 6.22. The quantitative estimate of drug-likeness (QED) is 0.557. The molecule has 2 aromatic rings. The molecule has 3 nitrogen and oxygen atoms in total. The van der Waals surface area contributed by atoms with E-state index in [4.69, 9.17) is 16.3 Å². The van der Waals surface area contributed by atoms with Gasteiger partial charge in [-0.25, -0.2) is 4.79 Å². The number of amides is 1. The van der Waals surface area contributed by atoms with Crippen LogP contribution in [-0.4, -0.2) is 29.7 Å². The summed E-state index contributed by atoms with van der Waals surface area (Å²) in [4.78, 5) is 14.5. The highest BCUT2D eigenvalue weighted by molar-refractivity contribution is 6.30. The first-order valence-electron chi connectivity index (χ1n) is 10.7. The first-order valence-corrected chi connectivity index (χ1v) is 11.1. The highest BCUT2D eigenvalue weighted by Gasteiger charge is 2.27. The largest absolute Gasteiger partial charge is 0.444 e. The van der Waals surface area contributed by atoms with E-state index in [0.29, 0.717) is 13.1 Å². The highest BCUT2D eigenvalue weighted by atomic mass is 35.5. The molecule has 2 aliphatic rings. The van der Waals surface area contributed by atoms with Gasteiger partial charge < -0.3 is 9.64 Å². The second kappa shape index (κ2) is 8.02. The first-order chi connectivity index (χ1) is 13.8. The molecule has 1 heterocycles. The lowest BCUT2D eigenvalue weighted by Gasteiger charge is -2.26. The average Bonchev–Trinajstić information content (AvgIpc) is 2.87. The molecule has 0 N–H and O–H groups in total. The molecule has 0 saturated heterocycles. The van der Waals surface area contributed by atoms with Crippen LogP contribution in [0.2, 0.25) is 5.02 Å². The minimum absolute atomic E-state index is 0.209. The zero-order chi connectivity index (χ0) is 20.6. The number of ether oxygens (including phenoxy) is 1. The van der Waals surface area contributed by atoms with Crippen molar-refractivity contribution in [3.05, 3.63) is 57.6 Å². The van der Waals surface area contributed by atoms with Crippen LogP contribution < -0.4 is 0 Å². The number of aryl methyl sites for hydroxylation is 1. The normalized spacial score (nSPS) is 16.6. The summed E-state index contributed by atoms with van der Waals surface area (Å²) in [6, 6.07) is 10.6. The third-order valence-electron chi connectivity index (χ3n) is 5.90. The van der Waals surface area contributed by atoms with Gasteiger partial charge in [0.15, 0.2) is 0 Å². The molecule has 0 fully saturated rings. The first kappa shape index (κ1) is 20.3. The van der Waals surface area contributed by atoms with Gasteiger partial charge in [-0.2, -0.15) is 0 Å². The summed E-state index contributed by atoms with van der Waals surface area (Å²) in [5.74, 6) is 0. The lowest BCUT2D eigenvalue weighted by molar-refractivity contribution is 0.0258. The fraction of sp³-hybridized carbons (Fsp3) is 0.480. The van der Waals surface area contributed by atoms with Crippen molar-refractivity contribution in [2.45, 2.75) is 64.9 Å². The summed E-state index contributed by atoms with van der Waals surface area (Å²) in [7, 11) is 0. The highest BCUT2D eigenvalue weighted by Crippen LogP contribution is 2.39. The summed E-state index contributed by atoms with van der Waals surface area (Å²) in [6.45, 7) is 7.15. The van der Waals surface area contributed by atoms with Crippen LogP contribution in [0, 0.1) is 0 Å².